The molecule has 0 saturated carbocycles. The van der Waals surface area contributed by atoms with Gasteiger partial charge in [0.05, 0.1) is 32.1 Å². The molecular formula is C65H80O10. The van der Waals surface area contributed by atoms with Crippen LogP contribution in [-0.4, -0.2) is 55.4 Å². The Hall–Kier alpha value is -6.55. The van der Waals surface area contributed by atoms with Crippen LogP contribution in [-0.2, 0) is 115 Å². The molecule has 0 spiro atoms. The molecule has 0 heterocycles. The van der Waals surface area contributed by atoms with Gasteiger partial charge in [-0.15, -0.1) is 0 Å². The van der Waals surface area contributed by atoms with E-state index in [2.05, 4.69) is 104 Å². The van der Waals surface area contributed by atoms with Crippen LogP contribution in [0.15, 0.2) is 60.7 Å². The van der Waals surface area contributed by atoms with Crippen LogP contribution in [0, 0.1) is 0 Å². The van der Waals surface area contributed by atoms with Gasteiger partial charge in [0, 0.05) is 0 Å². The van der Waals surface area contributed by atoms with Crippen LogP contribution >= 0.6 is 0 Å². The molecule has 0 saturated heterocycles. The van der Waals surface area contributed by atoms with Gasteiger partial charge in [-0.25, -0.2) is 0 Å². The van der Waals surface area contributed by atoms with Gasteiger partial charge in [0.15, 0.2) is 0 Å². The second kappa shape index (κ2) is 21.2. The van der Waals surface area contributed by atoms with Crippen molar-refractivity contribution < 1.29 is 49.5 Å². The first-order valence-electron chi connectivity index (χ1n) is 26.2. The molecular weight excluding hydrogens is 941 g/mol. The van der Waals surface area contributed by atoms with Gasteiger partial charge in [-0.3, -0.25) is 24.0 Å². The number of rotatable bonds is 10. The molecule has 0 amide bonds. The highest BCUT2D eigenvalue weighted by atomic mass is 16.4. The number of fused-ring (bicyclic) bond motifs is 10. The van der Waals surface area contributed by atoms with Crippen molar-refractivity contribution in [3.63, 3.8) is 0 Å². The van der Waals surface area contributed by atoms with E-state index in [0.717, 1.165) is 83.5 Å². The molecule has 75 heavy (non-hydrogen) atoms. The lowest BCUT2D eigenvalue weighted by molar-refractivity contribution is -0.137. The number of carboxylic acid groups (broad SMARTS) is 5. The van der Waals surface area contributed by atoms with Crippen molar-refractivity contribution in [1.29, 1.82) is 0 Å². The molecule has 10 nitrogen and oxygen atoms in total. The molecule has 400 valence electrons. The zero-order chi connectivity index (χ0) is 56.1. The Morgan fingerprint density at radius 3 is 0.453 bits per heavy atom. The molecule has 5 N–H and O–H groups in total. The highest BCUT2D eigenvalue weighted by molar-refractivity contribution is 5.76. The predicted molar refractivity (Wildman–Crippen MR) is 296 cm³/mol. The second-order valence-electron chi connectivity index (χ2n) is 26.4. The van der Waals surface area contributed by atoms with Crippen molar-refractivity contribution in [1.82, 2.24) is 0 Å². The fourth-order valence-electron chi connectivity index (χ4n) is 10.6. The van der Waals surface area contributed by atoms with Crippen molar-refractivity contribution in [3.05, 3.63) is 172 Å². The van der Waals surface area contributed by atoms with Crippen molar-refractivity contribution >= 4 is 29.8 Å². The summed E-state index contributed by atoms with van der Waals surface area (Å²) in [5.41, 5.74) is 12.5. The van der Waals surface area contributed by atoms with Crippen LogP contribution in [0.1, 0.15) is 215 Å². The summed E-state index contributed by atoms with van der Waals surface area (Å²) in [4.78, 5) is 65.9. The van der Waals surface area contributed by atoms with Crippen molar-refractivity contribution in [2.45, 2.75) is 195 Å². The zero-order valence-electron chi connectivity index (χ0n) is 47.1. The lowest BCUT2D eigenvalue weighted by Crippen LogP contribution is -2.20. The maximum absolute atomic E-state index is 13.2. The van der Waals surface area contributed by atoms with Crippen molar-refractivity contribution in [3.8, 4) is 0 Å². The molecule has 0 unspecified atom stereocenters. The van der Waals surface area contributed by atoms with E-state index in [4.69, 9.17) is 0 Å². The molecule has 0 aliphatic heterocycles. The first-order chi connectivity index (χ1) is 34.4. The molecule has 1 aliphatic rings. The molecule has 10 heteroatoms. The zero-order valence-corrected chi connectivity index (χ0v) is 47.1. The Kier molecular flexibility index (Phi) is 16.3. The number of benzene rings is 5. The SMILES string of the molecule is CC(C)(C)c1cc2c(CC(=O)O)c(c1)Cc1cc(C(C)(C)C)cc(c1CC(=O)O)Cc1cc(C(C)(C)C)cc(c1CC(=O)O)Cc1cc(C(C)(C)C)cc(c1CC(=O)O)Cc1cc(C(C)(C)C)cc(c1CC(=O)O)C2. The minimum atomic E-state index is -1.05. The minimum Gasteiger partial charge on any atom is -0.481 e. The Morgan fingerprint density at radius 2 is 0.373 bits per heavy atom. The summed E-state index contributed by atoms with van der Waals surface area (Å²) in [5.74, 6) is -5.27. The third kappa shape index (κ3) is 14.0. The molecule has 1 aliphatic carbocycles. The Bertz CT molecular complexity index is 2490. The highest BCUT2D eigenvalue weighted by Gasteiger charge is 2.30. The predicted octanol–water partition coefficient (Wildman–Crippen LogP) is 12.6. The normalized spacial score (nSPS) is 13.5. The molecule has 0 aromatic heterocycles. The second-order valence-corrected chi connectivity index (χ2v) is 26.4. The van der Waals surface area contributed by atoms with E-state index in [1.54, 1.807) is 0 Å². The summed E-state index contributed by atoms with van der Waals surface area (Å²) in [5, 5.41) is 53.8. The number of carbonyl (C=O) groups is 5. The van der Waals surface area contributed by atoms with E-state index in [1.165, 1.54) is 0 Å². The summed E-state index contributed by atoms with van der Waals surface area (Å²) in [6.45, 7) is 31.3. The summed E-state index contributed by atoms with van der Waals surface area (Å²) < 4.78 is 0. The average molecular weight is 1020 g/mol. The number of hydrogen-bond acceptors (Lipinski definition) is 5. The largest absolute Gasteiger partial charge is 0.481 e. The lowest BCUT2D eigenvalue weighted by atomic mass is 9.75. The highest BCUT2D eigenvalue weighted by Crippen LogP contribution is 2.40. The van der Waals surface area contributed by atoms with Gasteiger partial charge in [0.1, 0.15) is 0 Å². The number of aliphatic carboxylic acids is 5. The maximum atomic E-state index is 13.2. The van der Waals surface area contributed by atoms with Crippen LogP contribution in [0.5, 0.6) is 0 Å². The van der Waals surface area contributed by atoms with Crippen LogP contribution in [0.4, 0.5) is 0 Å². The number of carboxylic acids is 5. The van der Waals surface area contributed by atoms with E-state index >= 15 is 0 Å². The van der Waals surface area contributed by atoms with Crippen LogP contribution in [0.2, 0.25) is 0 Å². The Labute approximate surface area is 444 Å². The standard InChI is InChI=1S/C65H80O10/c1-61(2,3)46-21-36-16-38-23-47(62(4,5)6)25-40(52(38)32-57(68)69)18-42-27-49(64(10,11)12)29-44(54(42)34-59(72)73)20-45-30-50(65(13,14)15)28-43(55(45)35-60(74)75)19-41-26-48(63(7,8)9)24-39(53(41)33-58(70)71)17-37(22-46)51(36)31-56(66)67/h21-30H,16-20,31-35H2,1-15H3,(H,66,67)(H,68,69)(H,70,71)(H,72,73)(H,74,75). The molecule has 6 rings (SSSR count). The molecule has 5 aromatic carbocycles. The van der Waals surface area contributed by atoms with E-state index in [-0.39, 0.29) is 64.2 Å². The molecule has 5 aromatic rings. The molecule has 10 bridgehead atoms. The third-order valence-electron chi connectivity index (χ3n) is 15.0. The van der Waals surface area contributed by atoms with E-state index in [9.17, 15) is 49.5 Å². The lowest BCUT2D eigenvalue weighted by Gasteiger charge is -2.29. The third-order valence-corrected chi connectivity index (χ3v) is 15.0. The monoisotopic (exact) mass is 1020 g/mol. The van der Waals surface area contributed by atoms with E-state index in [1.807, 2.05) is 60.7 Å². The topological polar surface area (TPSA) is 186 Å². The van der Waals surface area contributed by atoms with Gasteiger partial charge in [-0.05, 0) is 170 Å². The molecule has 0 fully saturated rings. The minimum absolute atomic E-state index is 0.195. The fraction of sp³-hybridized carbons (Fsp3) is 0.462. The van der Waals surface area contributed by atoms with Crippen molar-refractivity contribution in [2.75, 3.05) is 0 Å². The summed E-state index contributed by atoms with van der Waals surface area (Å²) >= 11 is 0. The quantitative estimate of drug-likeness (QED) is 0.0884. The summed E-state index contributed by atoms with van der Waals surface area (Å²) in [7, 11) is 0. The Morgan fingerprint density at radius 1 is 0.267 bits per heavy atom. The maximum Gasteiger partial charge on any atom is 0.307 e. The summed E-state index contributed by atoms with van der Waals surface area (Å²) in [6, 6.07) is 20.5. The molecule has 0 atom stereocenters. The molecule has 0 radical (unpaired) electrons. The number of hydrogen-bond donors (Lipinski definition) is 5. The van der Waals surface area contributed by atoms with Gasteiger partial charge >= 0.3 is 29.8 Å². The summed E-state index contributed by atoms with van der Waals surface area (Å²) in [6.07, 6.45) is -0.775. The first-order valence-corrected chi connectivity index (χ1v) is 26.2. The van der Waals surface area contributed by atoms with E-state index < -0.39 is 56.9 Å². The van der Waals surface area contributed by atoms with Gasteiger partial charge < -0.3 is 25.5 Å². The van der Waals surface area contributed by atoms with E-state index in [0.29, 0.717) is 27.8 Å². The van der Waals surface area contributed by atoms with Crippen LogP contribution in [0.3, 0.4) is 0 Å². The van der Waals surface area contributed by atoms with Gasteiger partial charge in [-0.2, -0.15) is 0 Å². The van der Waals surface area contributed by atoms with Crippen LogP contribution in [0.25, 0.3) is 0 Å². The smallest absolute Gasteiger partial charge is 0.307 e. The first kappa shape index (κ1) is 57.7. The van der Waals surface area contributed by atoms with Gasteiger partial charge in [0.2, 0.25) is 0 Å². The Balaban J connectivity index is 1.94. The van der Waals surface area contributed by atoms with Gasteiger partial charge in [-0.1, -0.05) is 165 Å². The fourth-order valence-corrected chi connectivity index (χ4v) is 10.6. The van der Waals surface area contributed by atoms with Gasteiger partial charge in [0.25, 0.3) is 0 Å². The van der Waals surface area contributed by atoms with Crippen molar-refractivity contribution in [2.24, 2.45) is 0 Å². The van der Waals surface area contributed by atoms with Crippen LogP contribution < -0.4 is 0 Å². The average Bonchev–Trinajstić information content (AvgIpc) is 3.22.